The maximum Gasteiger partial charge on any atom is 0.314 e. The highest BCUT2D eigenvalue weighted by molar-refractivity contribution is 7.11. The van der Waals surface area contributed by atoms with E-state index in [0.29, 0.717) is 13.1 Å². The fourth-order valence-corrected chi connectivity index (χ4v) is 2.02. The molecule has 4 nitrogen and oxygen atoms in total. The Balaban J connectivity index is 2.16. The third-order valence-electron chi connectivity index (χ3n) is 2.11. The SMILES string of the molecule is Cc1ncc(CCNC(=O)NCC(C)(C)C)s1. The molecular weight excluding hydrogens is 234 g/mol. The summed E-state index contributed by atoms with van der Waals surface area (Å²) in [7, 11) is 0. The van der Waals surface area contributed by atoms with Crippen LogP contribution in [0.25, 0.3) is 0 Å². The van der Waals surface area contributed by atoms with Gasteiger partial charge < -0.3 is 10.6 Å². The predicted molar refractivity (Wildman–Crippen MR) is 71.4 cm³/mol. The Morgan fingerprint density at radius 2 is 2.12 bits per heavy atom. The van der Waals surface area contributed by atoms with Crippen molar-refractivity contribution in [3.63, 3.8) is 0 Å². The van der Waals surface area contributed by atoms with Crippen molar-refractivity contribution in [2.45, 2.75) is 34.1 Å². The fourth-order valence-electron chi connectivity index (χ4n) is 1.23. The highest BCUT2D eigenvalue weighted by Crippen LogP contribution is 2.11. The van der Waals surface area contributed by atoms with Crippen LogP contribution in [0.15, 0.2) is 6.20 Å². The van der Waals surface area contributed by atoms with Crippen molar-refractivity contribution >= 4 is 17.4 Å². The standard InChI is InChI=1S/C12H21N3OS/c1-9-14-7-10(17-9)5-6-13-11(16)15-8-12(2,3)4/h7H,5-6,8H2,1-4H3,(H2,13,15,16). The van der Waals surface area contributed by atoms with Crippen LogP contribution in [0.1, 0.15) is 30.7 Å². The topological polar surface area (TPSA) is 54.0 Å². The summed E-state index contributed by atoms with van der Waals surface area (Å²) in [5.41, 5.74) is 0.117. The van der Waals surface area contributed by atoms with E-state index >= 15 is 0 Å². The first kappa shape index (κ1) is 14.0. The number of nitrogens with one attached hydrogen (secondary N) is 2. The molecule has 1 heterocycles. The van der Waals surface area contributed by atoms with Gasteiger partial charge in [-0.1, -0.05) is 20.8 Å². The number of urea groups is 1. The third-order valence-corrected chi connectivity index (χ3v) is 3.08. The van der Waals surface area contributed by atoms with Gasteiger partial charge in [-0.3, -0.25) is 0 Å². The van der Waals surface area contributed by atoms with E-state index in [4.69, 9.17) is 0 Å². The maximum absolute atomic E-state index is 11.5. The average Bonchev–Trinajstić information content (AvgIpc) is 2.60. The van der Waals surface area contributed by atoms with Gasteiger partial charge in [0.05, 0.1) is 5.01 Å². The summed E-state index contributed by atoms with van der Waals surface area (Å²) in [5.74, 6) is 0. The van der Waals surface area contributed by atoms with Gasteiger partial charge >= 0.3 is 6.03 Å². The molecule has 0 saturated heterocycles. The van der Waals surface area contributed by atoms with Gasteiger partial charge in [-0.25, -0.2) is 9.78 Å². The molecule has 0 bridgehead atoms. The van der Waals surface area contributed by atoms with Crippen molar-refractivity contribution in [1.82, 2.24) is 15.6 Å². The van der Waals surface area contributed by atoms with Crippen LogP contribution in [0.4, 0.5) is 4.79 Å². The molecule has 0 aliphatic rings. The van der Waals surface area contributed by atoms with E-state index in [-0.39, 0.29) is 11.4 Å². The number of nitrogens with zero attached hydrogens (tertiary/aromatic N) is 1. The molecule has 2 N–H and O–H groups in total. The zero-order valence-corrected chi connectivity index (χ0v) is 11.8. The minimum absolute atomic E-state index is 0.0961. The molecule has 17 heavy (non-hydrogen) atoms. The molecule has 0 fully saturated rings. The van der Waals surface area contributed by atoms with E-state index in [0.717, 1.165) is 11.4 Å². The van der Waals surface area contributed by atoms with E-state index < -0.39 is 0 Å². The van der Waals surface area contributed by atoms with Gasteiger partial charge in [0.1, 0.15) is 0 Å². The van der Waals surface area contributed by atoms with Crippen LogP contribution in [-0.2, 0) is 6.42 Å². The van der Waals surface area contributed by atoms with Crippen molar-refractivity contribution in [3.05, 3.63) is 16.1 Å². The summed E-state index contributed by atoms with van der Waals surface area (Å²) in [4.78, 5) is 16.8. The molecule has 0 aromatic carbocycles. The van der Waals surface area contributed by atoms with E-state index in [1.54, 1.807) is 11.3 Å². The molecule has 0 atom stereocenters. The summed E-state index contributed by atoms with van der Waals surface area (Å²) in [5, 5.41) is 6.76. The normalized spacial score (nSPS) is 11.3. The van der Waals surface area contributed by atoms with Crippen LogP contribution in [0.5, 0.6) is 0 Å². The lowest BCUT2D eigenvalue weighted by atomic mass is 9.97. The largest absolute Gasteiger partial charge is 0.338 e. The molecule has 1 rings (SSSR count). The van der Waals surface area contributed by atoms with Gasteiger partial charge in [-0.05, 0) is 12.3 Å². The second-order valence-corrected chi connectivity index (χ2v) is 6.59. The molecule has 0 spiro atoms. The van der Waals surface area contributed by atoms with E-state index in [9.17, 15) is 4.79 Å². The van der Waals surface area contributed by atoms with Crippen molar-refractivity contribution in [2.24, 2.45) is 5.41 Å². The molecule has 0 unspecified atom stereocenters. The van der Waals surface area contributed by atoms with Crippen molar-refractivity contribution in [2.75, 3.05) is 13.1 Å². The van der Waals surface area contributed by atoms with Gasteiger partial charge in [0.2, 0.25) is 0 Å². The lowest BCUT2D eigenvalue weighted by Gasteiger charge is -2.18. The molecule has 1 aromatic rings. The molecule has 0 aliphatic carbocycles. The Kier molecular flexibility index (Phi) is 4.93. The zero-order chi connectivity index (χ0) is 12.9. The van der Waals surface area contributed by atoms with E-state index in [1.807, 2.05) is 13.1 Å². The Labute approximate surface area is 107 Å². The number of carbonyl (C=O) groups is 1. The van der Waals surface area contributed by atoms with Crippen LogP contribution in [0, 0.1) is 12.3 Å². The van der Waals surface area contributed by atoms with Crippen molar-refractivity contribution in [3.8, 4) is 0 Å². The van der Waals surface area contributed by atoms with Crippen LogP contribution in [0.3, 0.4) is 0 Å². The molecule has 0 radical (unpaired) electrons. The lowest BCUT2D eigenvalue weighted by Crippen LogP contribution is -2.40. The Hall–Kier alpha value is -1.10. The number of hydrogen-bond acceptors (Lipinski definition) is 3. The number of aromatic nitrogens is 1. The zero-order valence-electron chi connectivity index (χ0n) is 11.0. The van der Waals surface area contributed by atoms with Gasteiger partial charge in [0.25, 0.3) is 0 Å². The van der Waals surface area contributed by atoms with Gasteiger partial charge in [0.15, 0.2) is 0 Å². The number of aryl methyl sites for hydroxylation is 1. The molecule has 2 amide bonds. The minimum Gasteiger partial charge on any atom is -0.338 e. The van der Waals surface area contributed by atoms with Crippen LogP contribution in [0.2, 0.25) is 0 Å². The Morgan fingerprint density at radius 1 is 1.41 bits per heavy atom. The summed E-state index contributed by atoms with van der Waals surface area (Å²) < 4.78 is 0. The smallest absolute Gasteiger partial charge is 0.314 e. The molecule has 0 aliphatic heterocycles. The van der Waals surface area contributed by atoms with Crippen molar-refractivity contribution < 1.29 is 4.79 Å². The molecule has 96 valence electrons. The molecular formula is C12H21N3OS. The van der Waals surface area contributed by atoms with Crippen molar-refractivity contribution in [1.29, 1.82) is 0 Å². The highest BCUT2D eigenvalue weighted by atomic mass is 32.1. The summed E-state index contributed by atoms with van der Waals surface area (Å²) >= 11 is 1.67. The first-order chi connectivity index (χ1) is 7.87. The van der Waals surface area contributed by atoms with Crippen LogP contribution >= 0.6 is 11.3 Å². The van der Waals surface area contributed by atoms with E-state index in [1.165, 1.54) is 4.88 Å². The number of amides is 2. The number of carbonyl (C=O) groups excluding carboxylic acids is 1. The molecule has 5 heteroatoms. The van der Waals surface area contributed by atoms with Gasteiger partial charge in [-0.15, -0.1) is 11.3 Å². The maximum atomic E-state index is 11.5. The summed E-state index contributed by atoms with van der Waals surface area (Å²) in [6, 6.07) is -0.0961. The highest BCUT2D eigenvalue weighted by Gasteiger charge is 2.11. The Morgan fingerprint density at radius 3 is 2.65 bits per heavy atom. The van der Waals surface area contributed by atoms with Crippen LogP contribution in [-0.4, -0.2) is 24.1 Å². The van der Waals surface area contributed by atoms with Crippen LogP contribution < -0.4 is 10.6 Å². The predicted octanol–water partition coefficient (Wildman–Crippen LogP) is 2.34. The van der Waals surface area contributed by atoms with Gasteiger partial charge in [-0.2, -0.15) is 0 Å². The third kappa shape index (κ3) is 6.26. The molecule has 1 aromatic heterocycles. The van der Waals surface area contributed by atoms with E-state index in [2.05, 4.69) is 36.4 Å². The second kappa shape index (κ2) is 6.00. The summed E-state index contributed by atoms with van der Waals surface area (Å²) in [6.07, 6.45) is 2.71. The monoisotopic (exact) mass is 255 g/mol. The first-order valence-corrected chi connectivity index (χ1v) is 6.61. The Bertz CT molecular complexity index is 368. The number of rotatable bonds is 4. The van der Waals surface area contributed by atoms with Gasteiger partial charge in [0, 0.05) is 30.6 Å². The lowest BCUT2D eigenvalue weighted by molar-refractivity contribution is 0.235. The second-order valence-electron chi connectivity index (χ2n) is 5.27. The quantitative estimate of drug-likeness (QED) is 0.867. The summed E-state index contributed by atoms with van der Waals surface area (Å²) in [6.45, 7) is 9.59. The average molecular weight is 255 g/mol. The molecule has 0 saturated carbocycles. The fraction of sp³-hybridized carbons (Fsp3) is 0.667. The minimum atomic E-state index is -0.0961. The number of thiazole rings is 1. The number of hydrogen-bond donors (Lipinski definition) is 2. The first-order valence-electron chi connectivity index (χ1n) is 5.80.